The monoisotopic (exact) mass is 470 g/mol. The maximum Gasteiger partial charge on any atom is 0.325 e. The fourth-order valence-electron chi connectivity index (χ4n) is 4.93. The fraction of sp³-hybridized carbons (Fsp3) is 0.185. The molecule has 0 aliphatic carbocycles. The van der Waals surface area contributed by atoms with Gasteiger partial charge in [-0.15, -0.1) is 0 Å². The Morgan fingerprint density at radius 1 is 1.00 bits per heavy atom. The number of benzene rings is 3. The summed E-state index contributed by atoms with van der Waals surface area (Å²) in [5, 5.41) is 10.8. The van der Waals surface area contributed by atoms with Gasteiger partial charge in [0.15, 0.2) is 5.75 Å². The molecular formula is C27H23FN4O3. The molecule has 1 unspecified atom stereocenters. The first kappa shape index (κ1) is 21.4. The molecule has 1 fully saturated rings. The second-order valence-electron chi connectivity index (χ2n) is 8.70. The van der Waals surface area contributed by atoms with Gasteiger partial charge in [-0.25, -0.2) is 9.38 Å². The summed E-state index contributed by atoms with van der Waals surface area (Å²) in [6.07, 6.45) is 1.68. The van der Waals surface area contributed by atoms with E-state index in [1.54, 1.807) is 12.3 Å². The van der Waals surface area contributed by atoms with Gasteiger partial charge in [0.05, 0.1) is 5.56 Å². The van der Waals surface area contributed by atoms with Gasteiger partial charge in [-0.2, -0.15) is 0 Å². The van der Waals surface area contributed by atoms with Crippen LogP contribution in [0.1, 0.15) is 17.2 Å². The second-order valence-corrected chi connectivity index (χ2v) is 8.70. The highest BCUT2D eigenvalue weighted by molar-refractivity contribution is 6.03. The van der Waals surface area contributed by atoms with Crippen LogP contribution in [-0.2, 0) is 4.79 Å². The summed E-state index contributed by atoms with van der Waals surface area (Å²) in [5.41, 5.74) is 2.90. The smallest absolute Gasteiger partial charge is 0.325 e. The van der Waals surface area contributed by atoms with Crippen molar-refractivity contribution in [3.05, 3.63) is 89.9 Å². The van der Waals surface area contributed by atoms with Crippen molar-refractivity contribution < 1.29 is 19.0 Å². The van der Waals surface area contributed by atoms with Crippen LogP contribution in [-0.4, -0.2) is 57.9 Å². The molecule has 1 saturated heterocycles. The van der Waals surface area contributed by atoms with Crippen molar-refractivity contribution >= 4 is 28.4 Å². The number of carbonyl (C=O) groups is 1. The number of ether oxygens (including phenoxy) is 1. The third kappa shape index (κ3) is 3.81. The van der Waals surface area contributed by atoms with Crippen molar-refractivity contribution in [2.24, 2.45) is 4.99 Å². The fourth-order valence-corrected chi connectivity index (χ4v) is 4.93. The van der Waals surface area contributed by atoms with Crippen molar-refractivity contribution in [2.75, 3.05) is 26.2 Å². The number of H-pyrrole nitrogens is 1. The molecule has 2 N–H and O–H groups in total. The van der Waals surface area contributed by atoms with E-state index in [4.69, 9.17) is 9.73 Å². The van der Waals surface area contributed by atoms with Gasteiger partial charge in [0.1, 0.15) is 29.1 Å². The first-order valence-corrected chi connectivity index (χ1v) is 11.5. The van der Waals surface area contributed by atoms with E-state index in [0.717, 1.165) is 28.2 Å². The zero-order chi connectivity index (χ0) is 23.9. The number of aliphatic imine (C=N–C) groups is 1. The van der Waals surface area contributed by atoms with Gasteiger partial charge < -0.3 is 19.7 Å². The van der Waals surface area contributed by atoms with Crippen LogP contribution in [0, 0.1) is 5.82 Å². The molecule has 4 aromatic rings. The minimum Gasteiger partial charge on any atom is -0.480 e. The van der Waals surface area contributed by atoms with Crippen LogP contribution >= 0.6 is 0 Å². The van der Waals surface area contributed by atoms with Crippen LogP contribution < -0.4 is 4.74 Å². The van der Waals surface area contributed by atoms with Crippen molar-refractivity contribution in [3.8, 4) is 11.5 Å². The van der Waals surface area contributed by atoms with E-state index in [9.17, 15) is 14.3 Å². The van der Waals surface area contributed by atoms with E-state index in [-0.39, 0.29) is 5.82 Å². The lowest BCUT2D eigenvalue weighted by atomic mass is 10.0. The van der Waals surface area contributed by atoms with Crippen molar-refractivity contribution in [1.29, 1.82) is 0 Å². The van der Waals surface area contributed by atoms with Crippen molar-refractivity contribution in [2.45, 2.75) is 6.04 Å². The summed E-state index contributed by atoms with van der Waals surface area (Å²) in [6.45, 7) is 2.29. The number of nitrogens with zero attached hydrogens (tertiary/aromatic N) is 3. The summed E-state index contributed by atoms with van der Waals surface area (Å²) in [6, 6.07) is 19.1. The van der Waals surface area contributed by atoms with Gasteiger partial charge in [0.2, 0.25) is 0 Å². The van der Waals surface area contributed by atoms with E-state index >= 15 is 0 Å². The number of para-hydroxylation sites is 3. The highest BCUT2D eigenvalue weighted by Crippen LogP contribution is 2.38. The molecule has 0 bridgehead atoms. The number of amidine groups is 1. The number of aromatic nitrogens is 1. The Balaban J connectivity index is 1.29. The normalized spacial score (nSPS) is 16.6. The third-order valence-electron chi connectivity index (χ3n) is 6.62. The Labute approximate surface area is 201 Å². The van der Waals surface area contributed by atoms with Gasteiger partial charge in [0.25, 0.3) is 0 Å². The first-order chi connectivity index (χ1) is 17.1. The van der Waals surface area contributed by atoms with Gasteiger partial charge >= 0.3 is 5.97 Å². The lowest BCUT2D eigenvalue weighted by Crippen LogP contribution is -2.51. The summed E-state index contributed by atoms with van der Waals surface area (Å²) in [4.78, 5) is 24.5. The number of carboxylic acid groups (broad SMARTS) is 1. The molecule has 1 atom stereocenters. The molecule has 3 aromatic carbocycles. The molecule has 6 rings (SSSR count). The molecule has 1 aromatic heterocycles. The highest BCUT2D eigenvalue weighted by Gasteiger charge is 2.34. The first-order valence-electron chi connectivity index (χ1n) is 11.5. The van der Waals surface area contributed by atoms with Gasteiger partial charge in [-0.3, -0.25) is 9.69 Å². The SMILES string of the molecule is O=C(O)C(c1c[nH]c2cc(F)ccc12)N1CCN(C2=Nc3ccccc3Oc3ccccc32)CC1. The number of piperazine rings is 1. The van der Waals surface area contributed by atoms with Gasteiger partial charge in [-0.05, 0) is 42.5 Å². The zero-order valence-corrected chi connectivity index (χ0v) is 18.8. The van der Waals surface area contributed by atoms with Crippen LogP contribution in [0.2, 0.25) is 0 Å². The summed E-state index contributed by atoms with van der Waals surface area (Å²) in [7, 11) is 0. The molecule has 0 saturated carbocycles. The molecule has 0 radical (unpaired) electrons. The molecule has 2 aliphatic rings. The van der Waals surface area contributed by atoms with E-state index < -0.39 is 12.0 Å². The summed E-state index contributed by atoms with van der Waals surface area (Å²) in [5.74, 6) is 0.979. The van der Waals surface area contributed by atoms with Gasteiger partial charge in [-0.1, -0.05) is 24.3 Å². The van der Waals surface area contributed by atoms with E-state index in [2.05, 4.69) is 9.88 Å². The largest absolute Gasteiger partial charge is 0.480 e. The average molecular weight is 471 g/mol. The Hall–Kier alpha value is -4.17. The van der Waals surface area contributed by atoms with Crippen molar-refractivity contribution in [3.63, 3.8) is 0 Å². The average Bonchev–Trinajstić information content (AvgIpc) is 3.18. The maximum absolute atomic E-state index is 13.6. The van der Waals surface area contributed by atoms with E-state index in [1.807, 2.05) is 53.4 Å². The number of halogens is 1. The number of hydrogen-bond donors (Lipinski definition) is 2. The predicted octanol–water partition coefficient (Wildman–Crippen LogP) is 4.93. The van der Waals surface area contributed by atoms with Gasteiger partial charge in [0, 0.05) is 48.8 Å². The quantitative estimate of drug-likeness (QED) is 0.444. The molecule has 0 amide bonds. The second kappa shape index (κ2) is 8.56. The van der Waals surface area contributed by atoms with Crippen LogP contribution in [0.25, 0.3) is 10.9 Å². The Morgan fingerprint density at radius 3 is 2.54 bits per heavy atom. The number of nitrogens with one attached hydrogen (secondary N) is 1. The van der Waals surface area contributed by atoms with E-state index in [0.29, 0.717) is 43.0 Å². The lowest BCUT2D eigenvalue weighted by molar-refractivity contribution is -0.144. The number of hydrogen-bond acceptors (Lipinski definition) is 5. The number of aliphatic carboxylic acids is 1. The van der Waals surface area contributed by atoms with Crippen molar-refractivity contribution in [1.82, 2.24) is 14.8 Å². The Morgan fingerprint density at radius 2 is 1.74 bits per heavy atom. The number of carboxylic acids is 1. The number of rotatable bonds is 3. The summed E-state index contributed by atoms with van der Waals surface area (Å²) >= 11 is 0. The topological polar surface area (TPSA) is 81.2 Å². The molecule has 7 nitrogen and oxygen atoms in total. The lowest BCUT2D eigenvalue weighted by Gasteiger charge is -2.39. The molecular weight excluding hydrogens is 447 g/mol. The van der Waals surface area contributed by atoms with Crippen LogP contribution in [0.3, 0.4) is 0 Å². The Bertz CT molecular complexity index is 1460. The molecule has 35 heavy (non-hydrogen) atoms. The maximum atomic E-state index is 13.6. The minimum absolute atomic E-state index is 0.360. The number of aromatic amines is 1. The highest BCUT2D eigenvalue weighted by atomic mass is 19.1. The van der Waals surface area contributed by atoms with Crippen LogP contribution in [0.5, 0.6) is 11.5 Å². The molecule has 3 heterocycles. The van der Waals surface area contributed by atoms with Crippen LogP contribution in [0.4, 0.5) is 10.1 Å². The van der Waals surface area contributed by atoms with Crippen LogP contribution in [0.15, 0.2) is 77.9 Å². The predicted molar refractivity (Wildman–Crippen MR) is 131 cm³/mol. The summed E-state index contributed by atoms with van der Waals surface area (Å²) < 4.78 is 19.8. The minimum atomic E-state index is -0.928. The standard InChI is InChI=1S/C27H23FN4O3/c28-17-9-10-18-20(16-29-22(18)15-17)25(27(33)34)31-11-13-32(14-12-31)26-19-5-1-3-7-23(19)35-24-8-4-2-6-21(24)30-26/h1-10,15-16,25,29H,11-14H2,(H,33,34). The third-order valence-corrected chi connectivity index (χ3v) is 6.62. The molecule has 176 valence electrons. The van der Waals surface area contributed by atoms with E-state index in [1.165, 1.54) is 12.1 Å². The Kier molecular flexibility index (Phi) is 5.22. The molecule has 8 heteroatoms. The molecule has 2 aliphatic heterocycles. The number of fused-ring (bicyclic) bond motifs is 3. The zero-order valence-electron chi connectivity index (χ0n) is 18.8. The molecule has 0 spiro atoms.